The highest BCUT2D eigenvalue weighted by Gasteiger charge is 2.53. The van der Waals surface area contributed by atoms with Crippen molar-refractivity contribution in [2.45, 2.75) is 56.6 Å². The lowest BCUT2D eigenvalue weighted by Gasteiger charge is -2.57. The average molecular weight is 396 g/mol. The van der Waals surface area contributed by atoms with Crippen LogP contribution in [-0.4, -0.2) is 78.1 Å². The fourth-order valence-electron chi connectivity index (χ4n) is 5.47. The van der Waals surface area contributed by atoms with E-state index < -0.39 is 10.0 Å². The molecule has 0 radical (unpaired) electrons. The molecule has 0 amide bonds. The number of nitrogens with zero attached hydrogens (tertiary/aromatic N) is 5. The van der Waals surface area contributed by atoms with Crippen LogP contribution < -0.4 is 0 Å². The lowest BCUT2D eigenvalue weighted by Crippen LogP contribution is -2.67. The summed E-state index contributed by atoms with van der Waals surface area (Å²) < 4.78 is 32.7. The molecule has 1 saturated carbocycles. The van der Waals surface area contributed by atoms with Gasteiger partial charge in [0.15, 0.2) is 0 Å². The molecule has 1 unspecified atom stereocenters. The average Bonchev–Trinajstić information content (AvgIpc) is 3.21. The Morgan fingerprint density at radius 2 is 1.93 bits per heavy atom. The van der Waals surface area contributed by atoms with Crippen molar-refractivity contribution >= 4 is 10.0 Å². The van der Waals surface area contributed by atoms with Crippen LogP contribution in [0.5, 0.6) is 0 Å². The van der Waals surface area contributed by atoms with Gasteiger partial charge in [-0.3, -0.25) is 4.90 Å². The predicted molar refractivity (Wildman–Crippen MR) is 98.6 cm³/mol. The zero-order valence-electron chi connectivity index (χ0n) is 16.0. The molecule has 1 atom stereocenters. The van der Waals surface area contributed by atoms with E-state index in [1.54, 1.807) is 4.31 Å². The Morgan fingerprint density at radius 1 is 1.19 bits per heavy atom. The summed E-state index contributed by atoms with van der Waals surface area (Å²) in [5, 5.41) is 8.21. The van der Waals surface area contributed by atoms with Gasteiger partial charge in [-0.05, 0) is 44.4 Å². The fraction of sp³-hybridized carbons (Fsp3) is 0.889. The molecule has 1 aromatic heterocycles. The number of aromatic nitrogens is 3. The van der Waals surface area contributed by atoms with Crippen LogP contribution in [0.15, 0.2) is 11.2 Å². The Kier molecular flexibility index (Phi) is 4.16. The first-order valence-electron chi connectivity index (χ1n) is 10.2. The number of rotatable bonds is 4. The molecule has 4 heterocycles. The molecule has 8 nitrogen and oxygen atoms in total. The highest BCUT2D eigenvalue weighted by molar-refractivity contribution is 7.89. The standard InChI is InChI=1S/C18H29N5O3S/c1-2-23-19-10-16(20-23)27(24,25)22-7-5-17(6-8-22)4-3-15(9-17)21-11-18(12-21)13-26-14-18/h10,15H,2-9,11-14H2,1H3. The summed E-state index contributed by atoms with van der Waals surface area (Å²) in [7, 11) is -3.52. The Hall–Kier alpha value is -1.03. The molecule has 3 saturated heterocycles. The van der Waals surface area contributed by atoms with Crippen molar-refractivity contribution < 1.29 is 13.2 Å². The molecule has 5 rings (SSSR count). The maximum Gasteiger partial charge on any atom is 0.264 e. The topological polar surface area (TPSA) is 80.6 Å². The van der Waals surface area contributed by atoms with Gasteiger partial charge >= 0.3 is 0 Å². The van der Waals surface area contributed by atoms with Crippen molar-refractivity contribution in [2.75, 3.05) is 39.4 Å². The molecule has 2 spiro atoms. The maximum atomic E-state index is 12.8. The van der Waals surface area contributed by atoms with E-state index in [-0.39, 0.29) is 5.03 Å². The van der Waals surface area contributed by atoms with Crippen molar-refractivity contribution in [2.24, 2.45) is 10.8 Å². The number of hydrogen-bond acceptors (Lipinski definition) is 6. The molecule has 3 aliphatic heterocycles. The normalized spacial score (nSPS) is 30.5. The third-order valence-electron chi connectivity index (χ3n) is 7.27. The van der Waals surface area contributed by atoms with Gasteiger partial charge in [-0.2, -0.15) is 14.2 Å². The maximum absolute atomic E-state index is 12.8. The largest absolute Gasteiger partial charge is 0.380 e. The fourth-order valence-corrected chi connectivity index (χ4v) is 6.78. The molecule has 27 heavy (non-hydrogen) atoms. The molecule has 1 aromatic rings. The summed E-state index contributed by atoms with van der Waals surface area (Å²) >= 11 is 0. The smallest absolute Gasteiger partial charge is 0.264 e. The van der Waals surface area contributed by atoms with E-state index in [0.717, 1.165) is 26.1 Å². The minimum atomic E-state index is -3.52. The van der Waals surface area contributed by atoms with Gasteiger partial charge in [0.05, 0.1) is 26.0 Å². The minimum absolute atomic E-state index is 0.0817. The van der Waals surface area contributed by atoms with Crippen molar-refractivity contribution in [1.29, 1.82) is 0 Å². The number of sulfonamides is 1. The molecular weight excluding hydrogens is 366 g/mol. The van der Waals surface area contributed by atoms with Gasteiger partial charge in [0.2, 0.25) is 5.03 Å². The van der Waals surface area contributed by atoms with E-state index in [4.69, 9.17) is 4.74 Å². The van der Waals surface area contributed by atoms with Crippen LogP contribution in [0.1, 0.15) is 39.0 Å². The van der Waals surface area contributed by atoms with E-state index >= 15 is 0 Å². The zero-order valence-corrected chi connectivity index (χ0v) is 16.8. The second-order valence-corrected chi connectivity index (χ2v) is 11.0. The lowest BCUT2D eigenvalue weighted by atomic mass is 9.75. The van der Waals surface area contributed by atoms with E-state index in [2.05, 4.69) is 15.1 Å². The Labute approximate surface area is 160 Å². The molecule has 9 heteroatoms. The summed E-state index contributed by atoms with van der Waals surface area (Å²) in [4.78, 5) is 4.07. The van der Waals surface area contributed by atoms with Crippen molar-refractivity contribution in [3.63, 3.8) is 0 Å². The van der Waals surface area contributed by atoms with E-state index in [0.29, 0.717) is 36.5 Å². The predicted octanol–water partition coefficient (Wildman–Crippen LogP) is 0.954. The van der Waals surface area contributed by atoms with Crippen LogP contribution in [0.3, 0.4) is 0 Å². The molecule has 0 aromatic carbocycles. The minimum Gasteiger partial charge on any atom is -0.380 e. The van der Waals surface area contributed by atoms with Gasteiger partial charge in [0.25, 0.3) is 10.0 Å². The first-order chi connectivity index (χ1) is 12.9. The Bertz CT molecular complexity index is 803. The summed E-state index contributed by atoms with van der Waals surface area (Å²) in [5.41, 5.74) is 0.805. The Balaban J connectivity index is 1.19. The summed E-state index contributed by atoms with van der Waals surface area (Å²) in [5.74, 6) is 0. The van der Waals surface area contributed by atoms with Gasteiger partial charge in [0, 0.05) is 37.6 Å². The number of ether oxygens (including phenoxy) is 1. The van der Waals surface area contributed by atoms with Crippen molar-refractivity contribution in [1.82, 2.24) is 24.2 Å². The summed E-state index contributed by atoms with van der Waals surface area (Å²) in [6.45, 7) is 7.95. The molecule has 150 valence electrons. The molecular formula is C18H29N5O3S. The number of likely N-dealkylation sites (tertiary alicyclic amines) is 1. The van der Waals surface area contributed by atoms with Crippen LogP contribution in [0.2, 0.25) is 0 Å². The molecule has 4 fully saturated rings. The van der Waals surface area contributed by atoms with Gasteiger partial charge in [-0.25, -0.2) is 8.42 Å². The first-order valence-corrected chi connectivity index (χ1v) is 11.6. The first kappa shape index (κ1) is 18.0. The highest BCUT2D eigenvalue weighted by atomic mass is 32.2. The number of piperidine rings is 1. The SMILES string of the molecule is CCn1ncc(S(=O)(=O)N2CCC3(CCC(N4CC5(COC5)C4)C3)CC2)n1. The lowest BCUT2D eigenvalue weighted by molar-refractivity contribution is -0.198. The summed E-state index contributed by atoms with van der Waals surface area (Å²) in [6.07, 6.45) is 7.02. The van der Waals surface area contributed by atoms with Crippen LogP contribution in [0, 0.1) is 10.8 Å². The van der Waals surface area contributed by atoms with E-state index in [1.165, 1.54) is 43.3 Å². The van der Waals surface area contributed by atoms with E-state index in [1.807, 2.05) is 6.92 Å². The molecule has 1 aliphatic carbocycles. The third kappa shape index (κ3) is 2.94. The molecule has 0 bridgehead atoms. The van der Waals surface area contributed by atoms with Gasteiger partial charge in [-0.15, -0.1) is 5.10 Å². The van der Waals surface area contributed by atoms with Gasteiger partial charge in [-0.1, -0.05) is 0 Å². The number of hydrogen-bond donors (Lipinski definition) is 0. The molecule has 4 aliphatic rings. The van der Waals surface area contributed by atoms with Crippen molar-refractivity contribution in [3.8, 4) is 0 Å². The molecule has 0 N–H and O–H groups in total. The van der Waals surface area contributed by atoms with Crippen molar-refractivity contribution in [3.05, 3.63) is 6.20 Å². The van der Waals surface area contributed by atoms with Gasteiger partial charge in [0.1, 0.15) is 0 Å². The van der Waals surface area contributed by atoms with Crippen LogP contribution in [0.25, 0.3) is 0 Å². The third-order valence-corrected chi connectivity index (χ3v) is 9.03. The zero-order chi connectivity index (χ0) is 18.7. The second-order valence-electron chi connectivity index (χ2n) is 9.07. The van der Waals surface area contributed by atoms with Crippen LogP contribution in [-0.2, 0) is 21.3 Å². The van der Waals surface area contributed by atoms with E-state index in [9.17, 15) is 8.42 Å². The highest BCUT2D eigenvalue weighted by Crippen LogP contribution is 2.51. The number of aryl methyl sites for hydroxylation is 1. The van der Waals surface area contributed by atoms with Crippen LogP contribution >= 0.6 is 0 Å². The van der Waals surface area contributed by atoms with Crippen LogP contribution in [0.4, 0.5) is 0 Å². The second kappa shape index (κ2) is 6.23. The quantitative estimate of drug-likeness (QED) is 0.755. The summed E-state index contributed by atoms with van der Waals surface area (Å²) in [6, 6.07) is 0.684. The van der Waals surface area contributed by atoms with Gasteiger partial charge < -0.3 is 4.74 Å². The monoisotopic (exact) mass is 395 g/mol. The Morgan fingerprint density at radius 3 is 2.52 bits per heavy atom.